The summed E-state index contributed by atoms with van der Waals surface area (Å²) in [4.78, 5) is 11.6. The highest BCUT2D eigenvalue weighted by Gasteiger charge is 2.30. The fourth-order valence-corrected chi connectivity index (χ4v) is 1.81. The predicted octanol–water partition coefficient (Wildman–Crippen LogP) is -0.622. The SMILES string of the molecule is NCC1CCC(C(=O)Nc2nnns2)O1. The fourth-order valence-electron chi connectivity index (χ4n) is 1.44. The first-order chi connectivity index (χ1) is 7.29. The van der Waals surface area contributed by atoms with Gasteiger partial charge in [0.25, 0.3) is 5.91 Å². The molecule has 2 atom stereocenters. The van der Waals surface area contributed by atoms with E-state index >= 15 is 0 Å². The van der Waals surface area contributed by atoms with E-state index in [2.05, 4.69) is 20.1 Å². The normalized spacial score (nSPS) is 25.4. The van der Waals surface area contributed by atoms with Crippen LogP contribution in [0.3, 0.4) is 0 Å². The molecule has 1 aromatic rings. The molecule has 1 aromatic heterocycles. The van der Waals surface area contributed by atoms with Crippen LogP contribution in [0.5, 0.6) is 0 Å². The first kappa shape index (κ1) is 10.4. The van der Waals surface area contributed by atoms with Crippen LogP contribution in [0.1, 0.15) is 12.8 Å². The van der Waals surface area contributed by atoms with Crippen LogP contribution in [0.25, 0.3) is 0 Å². The smallest absolute Gasteiger partial charge is 0.255 e. The monoisotopic (exact) mass is 229 g/mol. The van der Waals surface area contributed by atoms with Crippen LogP contribution in [0.2, 0.25) is 0 Å². The van der Waals surface area contributed by atoms with Gasteiger partial charge in [-0.1, -0.05) is 9.59 Å². The maximum absolute atomic E-state index is 11.6. The highest BCUT2D eigenvalue weighted by atomic mass is 32.1. The predicted molar refractivity (Wildman–Crippen MR) is 53.3 cm³/mol. The summed E-state index contributed by atoms with van der Waals surface area (Å²) in [6.07, 6.45) is 1.08. The van der Waals surface area contributed by atoms with Gasteiger partial charge in [0, 0.05) is 18.1 Å². The van der Waals surface area contributed by atoms with Crippen LogP contribution in [0.15, 0.2) is 0 Å². The molecule has 82 valence electrons. The lowest BCUT2D eigenvalue weighted by Crippen LogP contribution is -2.29. The highest BCUT2D eigenvalue weighted by molar-refractivity contribution is 7.09. The minimum Gasteiger partial charge on any atom is -0.364 e. The maximum Gasteiger partial charge on any atom is 0.255 e. The van der Waals surface area contributed by atoms with E-state index in [0.717, 1.165) is 18.0 Å². The van der Waals surface area contributed by atoms with E-state index in [1.807, 2.05) is 0 Å². The van der Waals surface area contributed by atoms with Crippen molar-refractivity contribution in [3.8, 4) is 0 Å². The van der Waals surface area contributed by atoms with Crippen LogP contribution in [0, 0.1) is 0 Å². The maximum atomic E-state index is 11.6. The molecular formula is C7H11N5O2S. The van der Waals surface area contributed by atoms with Gasteiger partial charge in [-0.3, -0.25) is 10.1 Å². The van der Waals surface area contributed by atoms with E-state index in [0.29, 0.717) is 18.1 Å². The molecule has 2 heterocycles. The lowest BCUT2D eigenvalue weighted by Gasteiger charge is -2.10. The molecule has 1 fully saturated rings. The van der Waals surface area contributed by atoms with Crippen LogP contribution < -0.4 is 11.1 Å². The Morgan fingerprint density at radius 2 is 2.53 bits per heavy atom. The summed E-state index contributed by atoms with van der Waals surface area (Å²) in [5, 5.41) is 9.96. The van der Waals surface area contributed by atoms with Crippen LogP contribution >= 0.6 is 11.5 Å². The number of hydrogen-bond donors (Lipinski definition) is 2. The molecule has 0 aromatic carbocycles. The third kappa shape index (κ3) is 2.46. The molecule has 0 spiro atoms. The number of nitrogens with two attached hydrogens (primary N) is 1. The van der Waals surface area contributed by atoms with Crippen molar-refractivity contribution in [1.82, 2.24) is 14.8 Å². The molecule has 0 saturated carbocycles. The number of anilines is 1. The summed E-state index contributed by atoms with van der Waals surface area (Å²) in [7, 11) is 0. The number of aromatic nitrogens is 3. The Kier molecular flexibility index (Phi) is 3.19. The van der Waals surface area contributed by atoms with Crippen molar-refractivity contribution in [3.63, 3.8) is 0 Å². The van der Waals surface area contributed by atoms with Gasteiger partial charge in [-0.25, -0.2) is 0 Å². The number of ether oxygens (including phenoxy) is 1. The molecule has 1 amide bonds. The Morgan fingerprint density at radius 1 is 1.67 bits per heavy atom. The molecule has 3 N–H and O–H groups in total. The Balaban J connectivity index is 1.87. The largest absolute Gasteiger partial charge is 0.364 e. The Hall–Kier alpha value is -1.12. The Bertz CT molecular complexity index is 330. The highest BCUT2D eigenvalue weighted by Crippen LogP contribution is 2.20. The number of nitrogens with zero attached hydrogens (tertiary/aromatic N) is 3. The van der Waals surface area contributed by atoms with Gasteiger partial charge in [-0.05, 0) is 18.1 Å². The summed E-state index contributed by atoms with van der Waals surface area (Å²) in [5.41, 5.74) is 5.45. The van der Waals surface area contributed by atoms with E-state index in [9.17, 15) is 4.79 Å². The zero-order chi connectivity index (χ0) is 10.7. The summed E-state index contributed by atoms with van der Waals surface area (Å²) in [6, 6.07) is 0. The van der Waals surface area contributed by atoms with Gasteiger partial charge in [-0.2, -0.15) is 0 Å². The molecule has 0 bridgehead atoms. The van der Waals surface area contributed by atoms with E-state index in [1.54, 1.807) is 0 Å². The van der Waals surface area contributed by atoms with Crippen LogP contribution in [-0.4, -0.2) is 39.5 Å². The average Bonchev–Trinajstić information content (AvgIpc) is 2.86. The standard InChI is InChI=1S/C7H11N5O2S/c8-3-4-1-2-5(14-4)6(13)9-7-10-11-12-15-7/h4-5H,1-3,8H2,(H,9,10,12,13). The molecule has 2 unspecified atom stereocenters. The summed E-state index contributed by atoms with van der Waals surface area (Å²) in [5.74, 6) is -0.204. The Labute approximate surface area is 90.2 Å². The van der Waals surface area contributed by atoms with Crippen molar-refractivity contribution in [3.05, 3.63) is 0 Å². The third-order valence-corrected chi connectivity index (χ3v) is 2.70. The van der Waals surface area contributed by atoms with Gasteiger partial charge >= 0.3 is 0 Å². The number of nitrogens with one attached hydrogen (secondary N) is 1. The number of rotatable bonds is 3. The second-order valence-corrected chi connectivity index (χ2v) is 3.95. The number of amides is 1. The van der Waals surface area contributed by atoms with Crippen LogP contribution in [-0.2, 0) is 9.53 Å². The number of carbonyl (C=O) groups excluding carboxylic acids is 1. The van der Waals surface area contributed by atoms with Gasteiger partial charge in [0.15, 0.2) is 0 Å². The molecule has 0 radical (unpaired) electrons. The number of carbonyl (C=O) groups is 1. The summed E-state index contributed by atoms with van der Waals surface area (Å²) in [6.45, 7) is 0.449. The minimum absolute atomic E-state index is 0.00621. The van der Waals surface area contributed by atoms with Crippen LogP contribution in [0.4, 0.5) is 5.13 Å². The van der Waals surface area contributed by atoms with Gasteiger partial charge < -0.3 is 10.5 Å². The van der Waals surface area contributed by atoms with Crippen molar-refractivity contribution >= 4 is 22.6 Å². The third-order valence-electron chi connectivity index (χ3n) is 2.19. The van der Waals surface area contributed by atoms with Crippen molar-refractivity contribution in [2.45, 2.75) is 25.0 Å². The molecule has 15 heavy (non-hydrogen) atoms. The lowest BCUT2D eigenvalue weighted by molar-refractivity contribution is -0.126. The van der Waals surface area contributed by atoms with Crippen molar-refractivity contribution in [2.75, 3.05) is 11.9 Å². The van der Waals surface area contributed by atoms with Crippen molar-refractivity contribution in [2.24, 2.45) is 5.73 Å². The molecule has 1 aliphatic heterocycles. The average molecular weight is 229 g/mol. The second kappa shape index (κ2) is 4.60. The van der Waals surface area contributed by atoms with E-state index in [4.69, 9.17) is 10.5 Å². The minimum atomic E-state index is -0.428. The molecule has 1 saturated heterocycles. The van der Waals surface area contributed by atoms with Crippen molar-refractivity contribution in [1.29, 1.82) is 0 Å². The van der Waals surface area contributed by atoms with E-state index < -0.39 is 6.10 Å². The summed E-state index contributed by atoms with van der Waals surface area (Å²) < 4.78 is 8.96. The van der Waals surface area contributed by atoms with Gasteiger partial charge in [0.2, 0.25) is 5.13 Å². The van der Waals surface area contributed by atoms with Gasteiger partial charge in [-0.15, -0.1) is 0 Å². The molecule has 0 aliphatic carbocycles. The molecule has 8 heteroatoms. The lowest BCUT2D eigenvalue weighted by atomic mass is 10.2. The zero-order valence-electron chi connectivity index (χ0n) is 7.92. The number of hydrogen-bond acceptors (Lipinski definition) is 7. The molecule has 2 rings (SSSR count). The first-order valence-corrected chi connectivity index (χ1v) is 5.38. The fraction of sp³-hybridized carbons (Fsp3) is 0.714. The van der Waals surface area contributed by atoms with E-state index in [1.165, 1.54) is 0 Å². The molecule has 7 nitrogen and oxygen atoms in total. The van der Waals surface area contributed by atoms with E-state index in [-0.39, 0.29) is 12.0 Å². The van der Waals surface area contributed by atoms with Gasteiger partial charge in [0.1, 0.15) is 6.10 Å². The molecular weight excluding hydrogens is 218 g/mol. The Morgan fingerprint density at radius 3 is 3.13 bits per heavy atom. The zero-order valence-corrected chi connectivity index (χ0v) is 8.74. The van der Waals surface area contributed by atoms with Gasteiger partial charge in [0.05, 0.1) is 6.10 Å². The topological polar surface area (TPSA) is 103 Å². The molecule has 1 aliphatic rings. The quantitative estimate of drug-likeness (QED) is 0.715. The first-order valence-electron chi connectivity index (χ1n) is 4.61. The van der Waals surface area contributed by atoms with Crippen molar-refractivity contribution < 1.29 is 9.53 Å². The summed E-state index contributed by atoms with van der Waals surface area (Å²) >= 11 is 1.03. The second-order valence-electron chi connectivity index (χ2n) is 3.22.